The first-order valence-corrected chi connectivity index (χ1v) is 21.9. The molecule has 0 aliphatic heterocycles. The van der Waals surface area contributed by atoms with Gasteiger partial charge in [0, 0.05) is 32.9 Å². The highest BCUT2D eigenvalue weighted by Crippen LogP contribution is 2.63. The van der Waals surface area contributed by atoms with E-state index in [4.69, 9.17) is 0 Å². The van der Waals surface area contributed by atoms with Crippen molar-refractivity contribution in [3.63, 3.8) is 0 Å². The third-order valence-corrected chi connectivity index (χ3v) is 14.2. The van der Waals surface area contributed by atoms with Crippen LogP contribution in [0.2, 0.25) is 0 Å². The summed E-state index contributed by atoms with van der Waals surface area (Å²) in [7, 11) is 0. The van der Waals surface area contributed by atoms with Crippen LogP contribution in [0.1, 0.15) is 22.3 Å². The average molecular weight is 799 g/mol. The summed E-state index contributed by atoms with van der Waals surface area (Å²) >= 11 is 0. The van der Waals surface area contributed by atoms with Gasteiger partial charge in [-0.15, -0.1) is 0 Å². The molecular formula is C61H38N2. The van der Waals surface area contributed by atoms with E-state index >= 15 is 0 Å². The Bertz CT molecular complexity index is 3750. The van der Waals surface area contributed by atoms with Gasteiger partial charge in [0.25, 0.3) is 0 Å². The molecule has 2 aromatic heterocycles. The Kier molecular flexibility index (Phi) is 7.07. The van der Waals surface area contributed by atoms with Gasteiger partial charge >= 0.3 is 0 Å². The fraction of sp³-hybridized carbons (Fsp3) is 0.0164. The van der Waals surface area contributed by atoms with Gasteiger partial charge in [0.1, 0.15) is 0 Å². The Morgan fingerprint density at radius 2 is 0.651 bits per heavy atom. The standard InChI is InChI=1S/C61H38N2/c1-2-14-39(15-3-1)40-26-30-43(31-27-40)62-59-25-13-8-20-51(59)52-36-41(29-35-60(52)62)42-28-33-47-48-34-32-44(63-57-23-11-6-18-49(57)50-19-7-12-24-58(50)63)38-56(48)61(55(47)37-42)53-21-9-4-16-45(53)46-17-5-10-22-54(46)61/h1-38H. The molecule has 2 heteroatoms. The lowest BCUT2D eigenvalue weighted by molar-refractivity contribution is 0.793. The van der Waals surface area contributed by atoms with Crippen molar-refractivity contribution in [3.05, 3.63) is 253 Å². The van der Waals surface area contributed by atoms with Crippen LogP contribution < -0.4 is 0 Å². The molecule has 2 aliphatic rings. The minimum absolute atomic E-state index is 0.491. The van der Waals surface area contributed by atoms with Gasteiger partial charge in [-0.05, 0) is 127 Å². The monoisotopic (exact) mass is 798 g/mol. The zero-order valence-electron chi connectivity index (χ0n) is 34.3. The molecule has 10 aromatic carbocycles. The topological polar surface area (TPSA) is 9.86 Å². The normalized spacial score (nSPS) is 13.2. The van der Waals surface area contributed by atoms with Gasteiger partial charge in [-0.2, -0.15) is 0 Å². The molecule has 1 spiro atoms. The molecule has 0 unspecified atom stereocenters. The number of fused-ring (bicyclic) bond motifs is 16. The lowest BCUT2D eigenvalue weighted by Gasteiger charge is -2.31. The summed E-state index contributed by atoms with van der Waals surface area (Å²) in [5, 5.41) is 5.05. The third kappa shape index (κ3) is 4.67. The smallest absolute Gasteiger partial charge is 0.0726 e. The van der Waals surface area contributed by atoms with Crippen LogP contribution in [0.3, 0.4) is 0 Å². The molecular weight excluding hydrogens is 761 g/mol. The summed E-state index contributed by atoms with van der Waals surface area (Å²) in [4.78, 5) is 0. The Morgan fingerprint density at radius 1 is 0.238 bits per heavy atom. The molecule has 0 atom stereocenters. The van der Waals surface area contributed by atoms with Crippen molar-refractivity contribution in [2.45, 2.75) is 5.41 Å². The number of rotatable bonds is 4. The molecule has 12 aromatic rings. The molecule has 0 amide bonds. The van der Waals surface area contributed by atoms with E-state index in [9.17, 15) is 0 Å². The van der Waals surface area contributed by atoms with Crippen LogP contribution in [0.25, 0.3) is 99.5 Å². The Balaban J connectivity index is 0.973. The average Bonchev–Trinajstić information content (AvgIpc) is 4.06. The van der Waals surface area contributed by atoms with Crippen LogP contribution in [0.15, 0.2) is 231 Å². The molecule has 2 nitrogen and oxygen atoms in total. The first-order valence-electron chi connectivity index (χ1n) is 21.9. The zero-order chi connectivity index (χ0) is 41.2. The SMILES string of the molecule is c1ccc(-c2ccc(-n3c4ccccc4c4cc(-c5ccc6c(c5)C5(c7ccccc7-c7ccccc75)c5cc(-n7c8ccccc8c8ccccc87)ccc5-6)ccc43)cc2)cc1. The van der Waals surface area contributed by atoms with E-state index in [0.717, 1.165) is 5.69 Å². The van der Waals surface area contributed by atoms with Crippen LogP contribution in [0, 0.1) is 0 Å². The molecule has 0 fully saturated rings. The quantitative estimate of drug-likeness (QED) is 0.168. The summed E-state index contributed by atoms with van der Waals surface area (Å²) in [6.45, 7) is 0. The number of aromatic nitrogens is 2. The molecule has 0 saturated heterocycles. The van der Waals surface area contributed by atoms with Crippen molar-refractivity contribution < 1.29 is 0 Å². The van der Waals surface area contributed by atoms with Crippen molar-refractivity contribution in [1.82, 2.24) is 9.13 Å². The van der Waals surface area contributed by atoms with Crippen molar-refractivity contribution in [1.29, 1.82) is 0 Å². The maximum atomic E-state index is 2.51. The molecule has 63 heavy (non-hydrogen) atoms. The Hall–Kier alpha value is -8.20. The molecule has 14 rings (SSSR count). The number of benzene rings is 10. The molecule has 0 saturated carbocycles. The van der Waals surface area contributed by atoms with Gasteiger partial charge in [-0.3, -0.25) is 0 Å². The van der Waals surface area contributed by atoms with E-state index < -0.39 is 5.41 Å². The van der Waals surface area contributed by atoms with E-state index in [0.29, 0.717) is 0 Å². The summed E-state index contributed by atoms with van der Waals surface area (Å²) in [6.07, 6.45) is 0. The molecule has 0 radical (unpaired) electrons. The third-order valence-electron chi connectivity index (χ3n) is 14.2. The molecule has 2 aliphatic carbocycles. The summed E-state index contributed by atoms with van der Waals surface area (Å²) in [5.41, 5.74) is 22.2. The van der Waals surface area contributed by atoms with Gasteiger partial charge in [-0.1, -0.05) is 170 Å². The first-order chi connectivity index (χ1) is 31.3. The fourth-order valence-corrected chi connectivity index (χ4v) is 11.5. The van der Waals surface area contributed by atoms with Gasteiger partial charge in [0.15, 0.2) is 0 Å². The molecule has 292 valence electrons. The lowest BCUT2D eigenvalue weighted by Crippen LogP contribution is -2.26. The molecule has 0 bridgehead atoms. The minimum atomic E-state index is -0.491. The summed E-state index contributed by atoms with van der Waals surface area (Å²) < 4.78 is 4.88. The van der Waals surface area contributed by atoms with Crippen molar-refractivity contribution >= 4 is 43.6 Å². The second-order valence-electron chi connectivity index (χ2n) is 17.2. The second-order valence-corrected chi connectivity index (χ2v) is 17.2. The van der Waals surface area contributed by atoms with Crippen LogP contribution in [-0.2, 0) is 5.41 Å². The molecule has 0 N–H and O–H groups in total. The lowest BCUT2D eigenvalue weighted by atomic mass is 9.70. The van der Waals surface area contributed by atoms with Crippen LogP contribution in [-0.4, -0.2) is 9.13 Å². The van der Waals surface area contributed by atoms with E-state index in [2.05, 4.69) is 240 Å². The molecule has 2 heterocycles. The van der Waals surface area contributed by atoms with Crippen LogP contribution >= 0.6 is 0 Å². The zero-order valence-corrected chi connectivity index (χ0v) is 34.3. The number of hydrogen-bond donors (Lipinski definition) is 0. The fourth-order valence-electron chi connectivity index (χ4n) is 11.5. The van der Waals surface area contributed by atoms with E-state index in [1.807, 2.05) is 0 Å². The highest BCUT2D eigenvalue weighted by Gasteiger charge is 2.51. The Morgan fingerprint density at radius 3 is 1.30 bits per heavy atom. The highest BCUT2D eigenvalue weighted by atomic mass is 15.0. The maximum Gasteiger partial charge on any atom is 0.0726 e. The second kappa shape index (κ2) is 12.9. The van der Waals surface area contributed by atoms with Crippen molar-refractivity contribution in [2.75, 3.05) is 0 Å². The first kappa shape index (κ1) is 34.5. The van der Waals surface area contributed by atoms with Gasteiger partial charge < -0.3 is 9.13 Å². The van der Waals surface area contributed by atoms with Gasteiger partial charge in [0.05, 0.1) is 27.5 Å². The van der Waals surface area contributed by atoms with E-state index in [1.165, 1.54) is 116 Å². The Labute approximate surface area is 365 Å². The van der Waals surface area contributed by atoms with E-state index in [-0.39, 0.29) is 0 Å². The van der Waals surface area contributed by atoms with Crippen molar-refractivity contribution in [3.8, 4) is 55.9 Å². The summed E-state index contributed by atoms with van der Waals surface area (Å²) in [5.74, 6) is 0. The van der Waals surface area contributed by atoms with E-state index in [1.54, 1.807) is 0 Å². The van der Waals surface area contributed by atoms with Crippen LogP contribution in [0.4, 0.5) is 0 Å². The predicted molar refractivity (Wildman–Crippen MR) is 262 cm³/mol. The highest BCUT2D eigenvalue weighted by molar-refractivity contribution is 6.11. The summed E-state index contributed by atoms with van der Waals surface area (Å²) in [6, 6.07) is 85.8. The van der Waals surface area contributed by atoms with Gasteiger partial charge in [0.2, 0.25) is 0 Å². The minimum Gasteiger partial charge on any atom is -0.309 e. The van der Waals surface area contributed by atoms with Crippen LogP contribution in [0.5, 0.6) is 0 Å². The van der Waals surface area contributed by atoms with Crippen molar-refractivity contribution in [2.24, 2.45) is 0 Å². The maximum absolute atomic E-state index is 2.51. The predicted octanol–water partition coefficient (Wildman–Crippen LogP) is 15.6. The number of hydrogen-bond acceptors (Lipinski definition) is 0. The number of nitrogens with zero attached hydrogens (tertiary/aromatic N) is 2. The number of para-hydroxylation sites is 3. The van der Waals surface area contributed by atoms with Gasteiger partial charge in [-0.25, -0.2) is 0 Å². The largest absolute Gasteiger partial charge is 0.309 e.